The van der Waals surface area contributed by atoms with Crippen LogP contribution in [0.2, 0.25) is 0 Å². The highest BCUT2D eigenvalue weighted by Gasteiger charge is 2.20. The molecule has 4 rings (SSSR count). The van der Waals surface area contributed by atoms with Crippen LogP contribution in [0.3, 0.4) is 0 Å². The van der Waals surface area contributed by atoms with E-state index in [4.69, 9.17) is 14.6 Å². The van der Waals surface area contributed by atoms with E-state index in [1.54, 1.807) is 20.3 Å². The third-order valence-corrected chi connectivity index (χ3v) is 6.23. The lowest BCUT2D eigenvalue weighted by molar-refractivity contribution is 0.102. The fraction of sp³-hybridized carbons (Fsp3) is 0.200. The van der Waals surface area contributed by atoms with Gasteiger partial charge in [0.2, 0.25) is 0 Å². The molecule has 0 atom stereocenters. The quantitative estimate of drug-likeness (QED) is 0.324. The Morgan fingerprint density at radius 3 is 2.28 bits per heavy atom. The number of fused-ring (bicyclic) bond motifs is 1. The number of methoxy groups -OCH3 is 2. The molecule has 1 N–H and O–H groups in total. The minimum Gasteiger partial charge on any atom is -0.497 e. The average molecular weight is 541 g/mol. The highest BCUT2D eigenvalue weighted by Crippen LogP contribution is 2.31. The molecule has 7 heteroatoms. The van der Waals surface area contributed by atoms with Crippen molar-refractivity contribution in [3.63, 3.8) is 0 Å². The van der Waals surface area contributed by atoms with Gasteiger partial charge in [0.1, 0.15) is 15.2 Å². The number of halogens is 1. The van der Waals surface area contributed by atoms with Gasteiger partial charge in [-0.15, -0.1) is 0 Å². The Hall–Kier alpha value is -3.07. The third kappa shape index (κ3) is 4.29. The van der Waals surface area contributed by atoms with Crippen molar-refractivity contribution in [1.82, 2.24) is 9.78 Å². The van der Waals surface area contributed by atoms with Crippen molar-refractivity contribution >= 4 is 45.1 Å². The molecule has 0 saturated heterocycles. The van der Waals surface area contributed by atoms with Crippen LogP contribution >= 0.6 is 22.6 Å². The molecule has 0 fully saturated rings. The lowest BCUT2D eigenvalue weighted by atomic mass is 10.1. The van der Waals surface area contributed by atoms with E-state index in [-0.39, 0.29) is 5.91 Å². The van der Waals surface area contributed by atoms with Crippen molar-refractivity contribution in [3.05, 3.63) is 80.6 Å². The summed E-state index contributed by atoms with van der Waals surface area (Å²) in [4.78, 5) is 13.4. The molecule has 3 aromatic carbocycles. The number of aryl methyl sites for hydroxylation is 2. The predicted molar refractivity (Wildman–Crippen MR) is 135 cm³/mol. The Morgan fingerprint density at radius 2 is 1.66 bits per heavy atom. The molecule has 32 heavy (non-hydrogen) atoms. The minimum absolute atomic E-state index is 0.187. The molecule has 1 amide bonds. The first kappa shape index (κ1) is 22.1. The number of carbonyl (C=O) groups is 1. The monoisotopic (exact) mass is 541 g/mol. The van der Waals surface area contributed by atoms with Crippen LogP contribution in [-0.2, 0) is 6.54 Å². The summed E-state index contributed by atoms with van der Waals surface area (Å²) in [6, 6.07) is 17.5. The summed E-state index contributed by atoms with van der Waals surface area (Å²) in [6.45, 7) is 4.54. The summed E-state index contributed by atoms with van der Waals surface area (Å²) >= 11 is 2.19. The molecular weight excluding hydrogens is 517 g/mol. The zero-order valence-electron chi connectivity index (χ0n) is 18.4. The van der Waals surface area contributed by atoms with Gasteiger partial charge in [-0.3, -0.25) is 9.48 Å². The van der Waals surface area contributed by atoms with Gasteiger partial charge in [0.15, 0.2) is 0 Å². The molecule has 0 saturated carbocycles. The number of nitrogens with zero attached hydrogens (tertiary/aromatic N) is 2. The van der Waals surface area contributed by atoms with Crippen molar-refractivity contribution in [1.29, 1.82) is 0 Å². The summed E-state index contributed by atoms with van der Waals surface area (Å²) in [6.07, 6.45) is 0. The van der Waals surface area contributed by atoms with Crippen LogP contribution < -0.4 is 14.8 Å². The van der Waals surface area contributed by atoms with Crippen LogP contribution in [0, 0.1) is 17.5 Å². The largest absolute Gasteiger partial charge is 0.497 e. The summed E-state index contributed by atoms with van der Waals surface area (Å²) < 4.78 is 13.4. The van der Waals surface area contributed by atoms with Gasteiger partial charge in [0.05, 0.1) is 31.8 Å². The normalized spacial score (nSPS) is 10.9. The second kappa shape index (κ2) is 9.20. The van der Waals surface area contributed by atoms with Gasteiger partial charge in [0.25, 0.3) is 5.91 Å². The first-order valence-electron chi connectivity index (χ1n) is 10.2. The minimum atomic E-state index is -0.187. The molecule has 164 valence electrons. The molecule has 1 heterocycles. The average Bonchev–Trinajstić information content (AvgIpc) is 3.11. The van der Waals surface area contributed by atoms with Gasteiger partial charge < -0.3 is 14.8 Å². The van der Waals surface area contributed by atoms with Gasteiger partial charge in [-0.2, -0.15) is 5.10 Å². The highest BCUT2D eigenvalue weighted by atomic mass is 127. The Bertz CT molecular complexity index is 1280. The SMILES string of the molecule is COc1ccc(Cn2nc(I)c3c(C(=O)Nc4c(C)cccc4C)cc(OC)cc32)cc1. The molecule has 4 aromatic rings. The maximum atomic E-state index is 13.4. The summed E-state index contributed by atoms with van der Waals surface area (Å²) in [5.74, 6) is 1.23. The van der Waals surface area contributed by atoms with E-state index in [0.29, 0.717) is 17.9 Å². The van der Waals surface area contributed by atoms with Gasteiger partial charge in [-0.1, -0.05) is 30.3 Å². The summed E-state index contributed by atoms with van der Waals surface area (Å²) in [7, 11) is 3.25. The number of hydrogen-bond donors (Lipinski definition) is 1. The van der Waals surface area contributed by atoms with E-state index in [9.17, 15) is 4.79 Å². The number of benzene rings is 3. The lowest BCUT2D eigenvalue weighted by Crippen LogP contribution is -2.14. The fourth-order valence-electron chi connectivity index (χ4n) is 3.75. The summed E-state index contributed by atoms with van der Waals surface area (Å²) in [5, 5.41) is 8.62. The van der Waals surface area contributed by atoms with E-state index in [1.807, 2.05) is 67.1 Å². The number of rotatable bonds is 6. The zero-order valence-corrected chi connectivity index (χ0v) is 20.6. The number of para-hydroxylation sites is 1. The van der Waals surface area contributed by atoms with Crippen LogP contribution in [-0.4, -0.2) is 29.9 Å². The second-order valence-corrected chi connectivity index (χ2v) is 8.61. The fourth-order valence-corrected chi connectivity index (χ4v) is 4.57. The Labute approximate surface area is 200 Å². The number of hydrogen-bond acceptors (Lipinski definition) is 4. The van der Waals surface area contributed by atoms with Crippen LogP contribution in [0.4, 0.5) is 5.69 Å². The molecule has 0 aliphatic rings. The molecule has 0 spiro atoms. The number of ether oxygens (including phenoxy) is 2. The molecule has 0 aliphatic carbocycles. The number of carbonyl (C=O) groups excluding carboxylic acids is 1. The first-order valence-corrected chi connectivity index (χ1v) is 11.2. The molecule has 1 aromatic heterocycles. The van der Waals surface area contributed by atoms with Crippen LogP contribution in [0.1, 0.15) is 27.0 Å². The van der Waals surface area contributed by atoms with Crippen LogP contribution in [0.25, 0.3) is 10.9 Å². The lowest BCUT2D eigenvalue weighted by Gasteiger charge is -2.13. The van der Waals surface area contributed by atoms with E-state index >= 15 is 0 Å². The highest BCUT2D eigenvalue weighted by molar-refractivity contribution is 14.1. The molecule has 0 aliphatic heterocycles. The van der Waals surface area contributed by atoms with E-state index in [0.717, 1.165) is 42.7 Å². The maximum absolute atomic E-state index is 13.4. The third-order valence-electron chi connectivity index (χ3n) is 5.48. The number of amides is 1. The van der Waals surface area contributed by atoms with Crippen molar-refractivity contribution in [2.45, 2.75) is 20.4 Å². The molecule has 0 unspecified atom stereocenters. The van der Waals surface area contributed by atoms with Crippen LogP contribution in [0.15, 0.2) is 54.6 Å². The number of nitrogens with one attached hydrogen (secondary N) is 1. The molecule has 0 radical (unpaired) electrons. The van der Waals surface area contributed by atoms with Gasteiger partial charge in [-0.25, -0.2) is 0 Å². The smallest absolute Gasteiger partial charge is 0.256 e. The first-order chi connectivity index (χ1) is 15.4. The maximum Gasteiger partial charge on any atom is 0.256 e. The van der Waals surface area contributed by atoms with E-state index in [2.05, 4.69) is 27.9 Å². The van der Waals surface area contributed by atoms with Crippen LogP contribution in [0.5, 0.6) is 11.5 Å². The van der Waals surface area contributed by atoms with Crippen molar-refractivity contribution < 1.29 is 14.3 Å². The van der Waals surface area contributed by atoms with E-state index in [1.165, 1.54) is 0 Å². The topological polar surface area (TPSA) is 65.4 Å². The number of aromatic nitrogens is 2. The number of anilines is 1. The zero-order chi connectivity index (χ0) is 22.8. The second-order valence-electron chi connectivity index (χ2n) is 7.59. The predicted octanol–water partition coefficient (Wildman–Crippen LogP) is 5.58. The van der Waals surface area contributed by atoms with Crippen molar-refractivity contribution in [2.24, 2.45) is 0 Å². The Kier molecular flexibility index (Phi) is 6.36. The Balaban J connectivity index is 1.77. The van der Waals surface area contributed by atoms with Crippen molar-refractivity contribution in [2.75, 3.05) is 19.5 Å². The van der Waals surface area contributed by atoms with E-state index < -0.39 is 0 Å². The van der Waals surface area contributed by atoms with Gasteiger partial charge in [0, 0.05) is 17.1 Å². The summed E-state index contributed by atoms with van der Waals surface area (Å²) in [5.41, 5.74) is 5.32. The molecular formula is C25H24IN3O3. The molecule has 6 nitrogen and oxygen atoms in total. The molecule has 0 bridgehead atoms. The standard InChI is InChI=1S/C25H24IN3O3/c1-15-6-5-7-16(2)23(15)27-25(30)20-12-19(32-4)13-21-22(20)24(26)28-29(21)14-17-8-10-18(31-3)11-9-17/h5-13H,14H2,1-4H3,(H,27,30). The Morgan fingerprint density at radius 1 is 1.00 bits per heavy atom. The van der Waals surface area contributed by atoms with Crippen molar-refractivity contribution in [3.8, 4) is 11.5 Å². The van der Waals surface area contributed by atoms with Gasteiger partial charge >= 0.3 is 0 Å². The van der Waals surface area contributed by atoms with Gasteiger partial charge in [-0.05, 0) is 71.3 Å².